The number of halogens is 1. The van der Waals surface area contributed by atoms with Gasteiger partial charge in [-0.3, -0.25) is 4.79 Å². The maximum Gasteiger partial charge on any atom is 0.198 e. The monoisotopic (exact) mass is 235 g/mol. The van der Waals surface area contributed by atoms with Crippen LogP contribution in [0, 0.1) is 0 Å². The van der Waals surface area contributed by atoms with Crippen LogP contribution in [0.1, 0.15) is 41.9 Å². The summed E-state index contributed by atoms with van der Waals surface area (Å²) < 4.78 is 5.60. The van der Waals surface area contributed by atoms with E-state index in [2.05, 4.69) is 4.98 Å². The molecular weight excluding hydrogens is 226 g/mol. The average molecular weight is 236 g/mol. The highest BCUT2D eigenvalue weighted by Gasteiger charge is 2.29. The van der Waals surface area contributed by atoms with Gasteiger partial charge in [-0.15, -0.1) is 0 Å². The van der Waals surface area contributed by atoms with Crippen molar-refractivity contribution in [3.63, 3.8) is 0 Å². The lowest BCUT2D eigenvalue weighted by atomic mass is 10.1. The second-order valence-corrected chi connectivity index (χ2v) is 4.59. The summed E-state index contributed by atoms with van der Waals surface area (Å²) in [4.78, 5) is 15.7. The Bertz CT molecular complexity index is 584. The molecule has 2 aromatic rings. The molecule has 1 aromatic carbocycles. The van der Waals surface area contributed by atoms with E-state index in [9.17, 15) is 4.79 Å². The molecular formula is C12H10ClNO2. The third kappa shape index (κ3) is 1.52. The summed E-state index contributed by atoms with van der Waals surface area (Å²) in [6.45, 7) is 1.49. The van der Waals surface area contributed by atoms with Crippen LogP contribution in [-0.2, 0) is 0 Å². The number of oxazole rings is 1. The summed E-state index contributed by atoms with van der Waals surface area (Å²) in [5, 5.41) is 0.429. The van der Waals surface area contributed by atoms with Crippen molar-refractivity contribution in [3.05, 3.63) is 28.6 Å². The van der Waals surface area contributed by atoms with Crippen molar-refractivity contribution in [1.29, 1.82) is 0 Å². The van der Waals surface area contributed by atoms with Crippen LogP contribution in [0.15, 0.2) is 16.5 Å². The van der Waals surface area contributed by atoms with Crippen molar-refractivity contribution >= 4 is 28.5 Å². The van der Waals surface area contributed by atoms with E-state index in [0.29, 0.717) is 22.1 Å². The Morgan fingerprint density at radius 2 is 2.25 bits per heavy atom. The third-order valence-corrected chi connectivity index (χ3v) is 3.11. The predicted octanol–water partition coefficient (Wildman–Crippen LogP) is 3.56. The van der Waals surface area contributed by atoms with Crippen molar-refractivity contribution in [2.45, 2.75) is 25.7 Å². The number of carbonyl (C=O) groups excluding carboxylic acids is 1. The minimum atomic E-state index is -0.0529. The zero-order valence-corrected chi connectivity index (χ0v) is 9.54. The second-order valence-electron chi connectivity index (χ2n) is 4.18. The number of carbonyl (C=O) groups is 1. The summed E-state index contributed by atoms with van der Waals surface area (Å²) in [5.74, 6) is 1.18. The van der Waals surface area contributed by atoms with Crippen LogP contribution in [-0.4, -0.2) is 10.8 Å². The fourth-order valence-electron chi connectivity index (χ4n) is 1.74. The van der Waals surface area contributed by atoms with Gasteiger partial charge in [0.25, 0.3) is 0 Å². The van der Waals surface area contributed by atoms with Crippen LogP contribution >= 0.6 is 11.6 Å². The molecule has 4 heteroatoms. The first-order valence-corrected chi connectivity index (χ1v) is 5.64. The van der Waals surface area contributed by atoms with Gasteiger partial charge in [0.05, 0.1) is 5.02 Å². The van der Waals surface area contributed by atoms with E-state index in [-0.39, 0.29) is 5.78 Å². The molecule has 0 bridgehead atoms. The molecule has 0 radical (unpaired) electrons. The fourth-order valence-corrected chi connectivity index (χ4v) is 2.03. The lowest BCUT2D eigenvalue weighted by molar-refractivity contribution is 0.101. The number of aromatic nitrogens is 1. The minimum absolute atomic E-state index is 0.0529. The first-order valence-electron chi connectivity index (χ1n) is 5.26. The highest BCUT2D eigenvalue weighted by molar-refractivity contribution is 6.34. The molecule has 1 aromatic heterocycles. The SMILES string of the molecule is CC(=O)c1cc2nc(C3CC3)oc2cc1Cl. The van der Waals surface area contributed by atoms with Gasteiger partial charge in [0.2, 0.25) is 0 Å². The normalized spacial score (nSPS) is 15.6. The summed E-state index contributed by atoms with van der Waals surface area (Å²) in [6, 6.07) is 3.38. The zero-order valence-electron chi connectivity index (χ0n) is 8.79. The van der Waals surface area contributed by atoms with Crippen LogP contribution in [0.3, 0.4) is 0 Å². The Balaban J connectivity index is 2.19. The van der Waals surface area contributed by atoms with Gasteiger partial charge in [0.1, 0.15) is 5.52 Å². The fraction of sp³-hybridized carbons (Fsp3) is 0.333. The molecule has 1 aliphatic rings. The number of fused-ring (bicyclic) bond motifs is 1. The van der Waals surface area contributed by atoms with Gasteiger partial charge < -0.3 is 4.42 Å². The Labute approximate surface area is 97.4 Å². The lowest BCUT2D eigenvalue weighted by Gasteiger charge is -1.97. The van der Waals surface area contributed by atoms with Gasteiger partial charge >= 0.3 is 0 Å². The lowest BCUT2D eigenvalue weighted by Crippen LogP contribution is -1.92. The number of Topliss-reactive ketones (excluding diaryl/α,β-unsaturated/α-hetero) is 1. The zero-order chi connectivity index (χ0) is 11.3. The van der Waals surface area contributed by atoms with Crippen LogP contribution in [0.5, 0.6) is 0 Å². The van der Waals surface area contributed by atoms with Crippen molar-refractivity contribution in [2.75, 3.05) is 0 Å². The average Bonchev–Trinajstić information content (AvgIpc) is 2.98. The molecule has 0 saturated heterocycles. The van der Waals surface area contributed by atoms with Gasteiger partial charge in [-0.05, 0) is 25.8 Å². The quantitative estimate of drug-likeness (QED) is 0.748. The Morgan fingerprint density at radius 3 is 2.88 bits per heavy atom. The molecule has 0 spiro atoms. The smallest absolute Gasteiger partial charge is 0.198 e. The van der Waals surface area contributed by atoms with E-state index in [1.807, 2.05) is 0 Å². The first kappa shape index (κ1) is 9.85. The molecule has 0 amide bonds. The Kier molecular flexibility index (Phi) is 2.04. The number of hydrogen-bond donors (Lipinski definition) is 0. The molecule has 16 heavy (non-hydrogen) atoms. The van der Waals surface area contributed by atoms with Crippen LogP contribution < -0.4 is 0 Å². The van der Waals surface area contributed by atoms with Gasteiger partial charge in [-0.1, -0.05) is 11.6 Å². The molecule has 1 saturated carbocycles. The topological polar surface area (TPSA) is 43.1 Å². The summed E-state index contributed by atoms with van der Waals surface area (Å²) in [5.41, 5.74) is 1.89. The maximum atomic E-state index is 11.3. The van der Waals surface area contributed by atoms with Gasteiger partial charge in [-0.25, -0.2) is 4.98 Å². The maximum absolute atomic E-state index is 11.3. The Morgan fingerprint density at radius 1 is 1.50 bits per heavy atom. The summed E-state index contributed by atoms with van der Waals surface area (Å²) in [7, 11) is 0. The van der Waals surface area contributed by atoms with Crippen LogP contribution in [0.2, 0.25) is 5.02 Å². The summed E-state index contributed by atoms with van der Waals surface area (Å²) >= 11 is 5.99. The van der Waals surface area contributed by atoms with E-state index < -0.39 is 0 Å². The third-order valence-electron chi connectivity index (χ3n) is 2.80. The van der Waals surface area contributed by atoms with Gasteiger partial charge in [-0.2, -0.15) is 0 Å². The molecule has 0 aliphatic heterocycles. The van der Waals surface area contributed by atoms with Crippen LogP contribution in [0.25, 0.3) is 11.1 Å². The van der Waals surface area contributed by atoms with Gasteiger partial charge in [0, 0.05) is 17.5 Å². The highest BCUT2D eigenvalue weighted by Crippen LogP contribution is 2.41. The standard InChI is InChI=1S/C12H10ClNO2/c1-6(15)8-4-10-11(5-9(8)13)16-12(14-10)7-2-3-7/h4-5,7H,2-3H2,1H3. The van der Waals surface area contributed by atoms with Crippen LogP contribution in [0.4, 0.5) is 0 Å². The Hall–Kier alpha value is -1.35. The number of hydrogen-bond acceptors (Lipinski definition) is 3. The second kappa shape index (κ2) is 3.32. The molecule has 0 unspecified atom stereocenters. The molecule has 82 valence electrons. The molecule has 3 nitrogen and oxygen atoms in total. The van der Waals surface area contributed by atoms with Crippen molar-refractivity contribution < 1.29 is 9.21 Å². The molecule has 0 atom stereocenters. The predicted molar refractivity (Wildman–Crippen MR) is 61.0 cm³/mol. The van der Waals surface area contributed by atoms with Gasteiger partial charge in [0.15, 0.2) is 17.3 Å². The van der Waals surface area contributed by atoms with Crippen molar-refractivity contribution in [3.8, 4) is 0 Å². The molecule has 1 fully saturated rings. The van der Waals surface area contributed by atoms with E-state index in [1.165, 1.54) is 6.92 Å². The summed E-state index contributed by atoms with van der Waals surface area (Å²) in [6.07, 6.45) is 2.28. The molecule has 1 aliphatic carbocycles. The molecule has 0 N–H and O–H groups in total. The number of ketones is 1. The largest absolute Gasteiger partial charge is 0.440 e. The van der Waals surface area contributed by atoms with Crippen molar-refractivity contribution in [1.82, 2.24) is 4.98 Å². The molecule has 1 heterocycles. The number of nitrogens with zero attached hydrogens (tertiary/aromatic N) is 1. The number of rotatable bonds is 2. The van der Waals surface area contributed by atoms with E-state index in [0.717, 1.165) is 24.2 Å². The van der Waals surface area contributed by atoms with Crippen molar-refractivity contribution in [2.24, 2.45) is 0 Å². The first-order chi connectivity index (χ1) is 7.65. The van der Waals surface area contributed by atoms with E-state index in [1.54, 1.807) is 12.1 Å². The number of benzene rings is 1. The highest BCUT2D eigenvalue weighted by atomic mass is 35.5. The van der Waals surface area contributed by atoms with E-state index in [4.69, 9.17) is 16.0 Å². The van der Waals surface area contributed by atoms with E-state index >= 15 is 0 Å². The minimum Gasteiger partial charge on any atom is -0.440 e. The molecule has 3 rings (SSSR count).